The Balaban J connectivity index is 1.92. The maximum absolute atomic E-state index is 12.2. The molecule has 0 radical (unpaired) electrons. The standard InChI is InChI=1S/C18H23NO4/c1-2-3-5-10-16(20)19-15(11-12-17(19)21)18(22)23-13-14-8-6-4-7-9-14/h4,6-9,15H,2-3,5,10-13H2,1H3/t15-/m0/s1. The van der Waals surface area contributed by atoms with Crippen LogP contribution in [0.3, 0.4) is 0 Å². The second-order valence-electron chi connectivity index (χ2n) is 5.76. The van der Waals surface area contributed by atoms with E-state index in [9.17, 15) is 14.4 Å². The second-order valence-corrected chi connectivity index (χ2v) is 5.76. The number of carbonyl (C=O) groups is 3. The van der Waals surface area contributed by atoms with Gasteiger partial charge in [0.15, 0.2) is 0 Å². The third kappa shape index (κ3) is 4.65. The lowest BCUT2D eigenvalue weighted by atomic mass is 10.1. The predicted molar refractivity (Wildman–Crippen MR) is 85.3 cm³/mol. The summed E-state index contributed by atoms with van der Waals surface area (Å²) in [5.74, 6) is -1.03. The zero-order valence-electron chi connectivity index (χ0n) is 13.5. The number of likely N-dealkylation sites (tertiary alicyclic amines) is 1. The number of esters is 1. The van der Waals surface area contributed by atoms with Gasteiger partial charge in [0.2, 0.25) is 11.8 Å². The lowest BCUT2D eigenvalue weighted by Crippen LogP contribution is -2.43. The molecule has 1 atom stereocenters. The minimum absolute atomic E-state index is 0.155. The van der Waals surface area contributed by atoms with E-state index in [1.54, 1.807) is 0 Å². The first kappa shape index (κ1) is 17.2. The van der Waals surface area contributed by atoms with Crippen molar-refractivity contribution in [1.29, 1.82) is 0 Å². The van der Waals surface area contributed by atoms with Crippen molar-refractivity contribution in [3.8, 4) is 0 Å². The van der Waals surface area contributed by atoms with Gasteiger partial charge in [0.25, 0.3) is 0 Å². The molecular formula is C18H23NO4. The molecule has 1 heterocycles. The summed E-state index contributed by atoms with van der Waals surface area (Å²) in [7, 11) is 0. The van der Waals surface area contributed by atoms with Crippen LogP contribution in [-0.4, -0.2) is 28.7 Å². The minimum Gasteiger partial charge on any atom is -0.459 e. The zero-order valence-corrected chi connectivity index (χ0v) is 13.5. The Bertz CT molecular complexity index is 555. The van der Waals surface area contributed by atoms with Crippen molar-refractivity contribution in [2.45, 2.75) is 58.1 Å². The summed E-state index contributed by atoms with van der Waals surface area (Å²) in [6.07, 6.45) is 3.57. The van der Waals surface area contributed by atoms with Gasteiger partial charge in [0.05, 0.1) is 0 Å². The third-order valence-corrected chi connectivity index (χ3v) is 3.97. The van der Waals surface area contributed by atoms with Crippen molar-refractivity contribution in [2.75, 3.05) is 0 Å². The van der Waals surface area contributed by atoms with Gasteiger partial charge < -0.3 is 4.74 Å². The fraction of sp³-hybridized carbons (Fsp3) is 0.500. The van der Waals surface area contributed by atoms with Crippen molar-refractivity contribution in [1.82, 2.24) is 4.90 Å². The highest BCUT2D eigenvalue weighted by Gasteiger charge is 2.40. The topological polar surface area (TPSA) is 63.7 Å². The normalized spacial score (nSPS) is 17.3. The predicted octanol–water partition coefficient (Wildman–Crippen LogP) is 2.83. The van der Waals surface area contributed by atoms with Crippen LogP contribution in [0.25, 0.3) is 0 Å². The molecule has 1 aliphatic rings. The molecule has 23 heavy (non-hydrogen) atoms. The van der Waals surface area contributed by atoms with Crippen molar-refractivity contribution in [3.05, 3.63) is 35.9 Å². The molecule has 0 N–H and O–H groups in total. The van der Waals surface area contributed by atoms with Crippen molar-refractivity contribution >= 4 is 17.8 Å². The molecule has 1 fully saturated rings. The van der Waals surface area contributed by atoms with Crippen LogP contribution in [0.5, 0.6) is 0 Å². The molecule has 0 unspecified atom stereocenters. The SMILES string of the molecule is CCCCCC(=O)N1C(=O)CC[C@H]1C(=O)OCc1ccccc1. The van der Waals surface area contributed by atoms with Crippen molar-refractivity contribution in [2.24, 2.45) is 0 Å². The van der Waals surface area contributed by atoms with Gasteiger partial charge in [0, 0.05) is 12.8 Å². The highest BCUT2D eigenvalue weighted by Crippen LogP contribution is 2.22. The number of unbranched alkanes of at least 4 members (excludes halogenated alkanes) is 2. The maximum Gasteiger partial charge on any atom is 0.329 e. The maximum atomic E-state index is 12.2. The summed E-state index contributed by atoms with van der Waals surface area (Å²) < 4.78 is 5.28. The van der Waals surface area contributed by atoms with Gasteiger partial charge in [-0.1, -0.05) is 50.1 Å². The average molecular weight is 317 g/mol. The van der Waals surface area contributed by atoms with Crippen LogP contribution in [0.4, 0.5) is 0 Å². The summed E-state index contributed by atoms with van der Waals surface area (Å²) >= 11 is 0. The van der Waals surface area contributed by atoms with Gasteiger partial charge in [-0.3, -0.25) is 14.5 Å². The van der Waals surface area contributed by atoms with Crippen molar-refractivity contribution < 1.29 is 19.1 Å². The molecule has 5 nitrogen and oxygen atoms in total. The van der Waals surface area contributed by atoms with E-state index in [-0.39, 0.29) is 24.8 Å². The molecule has 5 heteroatoms. The molecule has 0 spiro atoms. The Labute approximate surface area is 136 Å². The van der Waals surface area contributed by atoms with Gasteiger partial charge in [-0.15, -0.1) is 0 Å². The lowest BCUT2D eigenvalue weighted by Gasteiger charge is -2.21. The van der Waals surface area contributed by atoms with Gasteiger partial charge >= 0.3 is 5.97 Å². The Hall–Kier alpha value is -2.17. The van der Waals surface area contributed by atoms with Crippen LogP contribution >= 0.6 is 0 Å². The van der Waals surface area contributed by atoms with E-state index < -0.39 is 12.0 Å². The molecule has 1 aliphatic heterocycles. The molecular weight excluding hydrogens is 294 g/mol. The quantitative estimate of drug-likeness (QED) is 0.573. The largest absolute Gasteiger partial charge is 0.459 e. The van der Waals surface area contributed by atoms with Gasteiger partial charge in [0.1, 0.15) is 12.6 Å². The van der Waals surface area contributed by atoms with Crippen LogP contribution in [0.15, 0.2) is 30.3 Å². The molecule has 2 rings (SSSR count). The molecule has 0 saturated carbocycles. The number of hydrogen-bond donors (Lipinski definition) is 0. The number of carbonyl (C=O) groups excluding carboxylic acids is 3. The van der Waals surface area contributed by atoms with E-state index in [0.29, 0.717) is 12.8 Å². The lowest BCUT2D eigenvalue weighted by molar-refractivity contribution is -0.158. The molecule has 0 bridgehead atoms. The molecule has 1 aromatic rings. The second kappa shape index (κ2) is 8.46. The van der Waals surface area contributed by atoms with Gasteiger partial charge in [-0.2, -0.15) is 0 Å². The zero-order chi connectivity index (χ0) is 16.7. The monoisotopic (exact) mass is 317 g/mol. The minimum atomic E-state index is -0.764. The first-order valence-electron chi connectivity index (χ1n) is 8.19. The average Bonchev–Trinajstić information content (AvgIpc) is 2.95. The van der Waals surface area contributed by atoms with Crippen LogP contribution in [0, 0.1) is 0 Å². The molecule has 0 aliphatic carbocycles. The fourth-order valence-electron chi connectivity index (χ4n) is 2.69. The highest BCUT2D eigenvalue weighted by molar-refractivity contribution is 6.01. The molecule has 1 saturated heterocycles. The van der Waals surface area contributed by atoms with Crippen LogP contribution in [-0.2, 0) is 25.7 Å². The molecule has 2 amide bonds. The summed E-state index contributed by atoms with van der Waals surface area (Å²) in [6.45, 7) is 2.21. The number of imide groups is 1. The van der Waals surface area contributed by atoms with Crippen LogP contribution in [0.2, 0.25) is 0 Å². The number of nitrogens with zero attached hydrogens (tertiary/aromatic N) is 1. The Morgan fingerprint density at radius 3 is 2.65 bits per heavy atom. The third-order valence-electron chi connectivity index (χ3n) is 3.97. The Kier molecular flexibility index (Phi) is 6.32. The summed E-state index contributed by atoms with van der Waals surface area (Å²) in [6, 6.07) is 8.58. The number of hydrogen-bond acceptors (Lipinski definition) is 4. The van der Waals surface area contributed by atoms with E-state index in [2.05, 4.69) is 6.92 Å². The van der Waals surface area contributed by atoms with E-state index in [0.717, 1.165) is 29.7 Å². The smallest absolute Gasteiger partial charge is 0.329 e. The van der Waals surface area contributed by atoms with E-state index in [4.69, 9.17) is 4.74 Å². The van der Waals surface area contributed by atoms with E-state index >= 15 is 0 Å². The van der Waals surface area contributed by atoms with Crippen LogP contribution in [0.1, 0.15) is 51.0 Å². The molecule has 1 aromatic carbocycles. The number of ether oxygens (including phenoxy) is 1. The van der Waals surface area contributed by atoms with E-state index in [1.165, 1.54) is 0 Å². The Morgan fingerprint density at radius 1 is 1.22 bits per heavy atom. The van der Waals surface area contributed by atoms with Crippen molar-refractivity contribution in [3.63, 3.8) is 0 Å². The number of benzene rings is 1. The number of rotatable bonds is 7. The first-order valence-corrected chi connectivity index (χ1v) is 8.19. The van der Waals surface area contributed by atoms with Crippen LogP contribution < -0.4 is 0 Å². The summed E-state index contributed by atoms with van der Waals surface area (Å²) in [4.78, 5) is 37.5. The molecule has 0 aromatic heterocycles. The summed E-state index contributed by atoms with van der Waals surface area (Å²) in [5.41, 5.74) is 0.881. The van der Waals surface area contributed by atoms with E-state index in [1.807, 2.05) is 30.3 Å². The fourth-order valence-corrected chi connectivity index (χ4v) is 2.69. The summed E-state index contributed by atoms with van der Waals surface area (Å²) in [5, 5.41) is 0. The van der Waals surface area contributed by atoms with Gasteiger partial charge in [-0.25, -0.2) is 4.79 Å². The molecule has 124 valence electrons. The first-order chi connectivity index (χ1) is 11.1. The number of amides is 2. The van der Waals surface area contributed by atoms with Gasteiger partial charge in [-0.05, 0) is 18.4 Å². The highest BCUT2D eigenvalue weighted by atomic mass is 16.5. The Morgan fingerprint density at radius 2 is 1.96 bits per heavy atom.